The molecule has 0 saturated carbocycles. The Kier molecular flexibility index (Phi) is 5.65. The predicted octanol–water partition coefficient (Wildman–Crippen LogP) is 2.88. The molecule has 132 valence electrons. The van der Waals surface area contributed by atoms with Crippen LogP contribution in [0.4, 0.5) is 11.4 Å². The number of anilines is 1. The lowest BCUT2D eigenvalue weighted by molar-refractivity contribution is -0.384. The molecule has 0 saturated heterocycles. The number of benzene rings is 2. The summed E-state index contributed by atoms with van der Waals surface area (Å²) in [5.74, 6) is -1.29. The number of hydrogen-bond acceptors (Lipinski definition) is 6. The number of esters is 1. The van der Waals surface area contributed by atoms with Crippen molar-refractivity contribution in [2.24, 2.45) is 0 Å². The first-order valence-electron chi connectivity index (χ1n) is 7.54. The standard InChI is InChI=1S/C18H15N3O5/c1-11-3-4-12(2)15(7-11)18(23)26-10-17(22)20-16-6-5-14(21(24)25)8-13(16)9-19/h3-8H,10H2,1-2H3,(H,20,22). The van der Waals surface area contributed by atoms with Gasteiger partial charge in [-0.15, -0.1) is 0 Å². The molecule has 0 aliphatic rings. The number of nitriles is 1. The van der Waals surface area contributed by atoms with E-state index in [1.165, 1.54) is 12.1 Å². The fourth-order valence-corrected chi connectivity index (χ4v) is 2.20. The molecule has 0 atom stereocenters. The highest BCUT2D eigenvalue weighted by Crippen LogP contribution is 2.21. The third kappa shape index (κ3) is 4.42. The van der Waals surface area contributed by atoms with Crippen molar-refractivity contribution in [2.45, 2.75) is 13.8 Å². The quantitative estimate of drug-likeness (QED) is 0.501. The number of aryl methyl sites for hydroxylation is 2. The van der Waals surface area contributed by atoms with Crippen LogP contribution in [0.25, 0.3) is 0 Å². The zero-order valence-electron chi connectivity index (χ0n) is 14.1. The summed E-state index contributed by atoms with van der Waals surface area (Å²) in [5.41, 5.74) is 1.76. The maximum Gasteiger partial charge on any atom is 0.338 e. The van der Waals surface area contributed by atoms with Gasteiger partial charge in [-0.05, 0) is 31.5 Å². The van der Waals surface area contributed by atoms with E-state index in [1.807, 2.05) is 13.0 Å². The summed E-state index contributed by atoms with van der Waals surface area (Å²) in [4.78, 5) is 34.1. The number of amides is 1. The van der Waals surface area contributed by atoms with Gasteiger partial charge >= 0.3 is 5.97 Å². The van der Waals surface area contributed by atoms with E-state index in [1.54, 1.807) is 25.1 Å². The molecular weight excluding hydrogens is 338 g/mol. The van der Waals surface area contributed by atoms with Crippen molar-refractivity contribution < 1.29 is 19.2 Å². The third-order valence-corrected chi connectivity index (χ3v) is 3.56. The molecule has 0 aromatic heterocycles. The molecule has 1 amide bonds. The summed E-state index contributed by atoms with van der Waals surface area (Å²) < 4.78 is 4.99. The molecule has 2 rings (SSSR count). The minimum atomic E-state index is -0.658. The molecular formula is C18H15N3O5. The van der Waals surface area contributed by atoms with Crippen molar-refractivity contribution in [1.82, 2.24) is 0 Å². The van der Waals surface area contributed by atoms with E-state index in [4.69, 9.17) is 10.00 Å². The molecule has 1 N–H and O–H groups in total. The second-order valence-corrected chi connectivity index (χ2v) is 5.54. The summed E-state index contributed by atoms with van der Waals surface area (Å²) in [6.07, 6.45) is 0. The van der Waals surface area contributed by atoms with Gasteiger partial charge < -0.3 is 10.1 Å². The first-order chi connectivity index (χ1) is 12.3. The number of nitrogens with one attached hydrogen (secondary N) is 1. The van der Waals surface area contributed by atoms with Crippen molar-refractivity contribution in [3.8, 4) is 6.07 Å². The summed E-state index contributed by atoms with van der Waals surface area (Å²) in [6.45, 7) is 3.04. The van der Waals surface area contributed by atoms with Crippen molar-refractivity contribution >= 4 is 23.3 Å². The number of nitro benzene ring substituents is 1. The van der Waals surface area contributed by atoms with E-state index in [0.29, 0.717) is 5.56 Å². The Morgan fingerprint density at radius 3 is 2.62 bits per heavy atom. The van der Waals surface area contributed by atoms with E-state index < -0.39 is 23.4 Å². The Morgan fingerprint density at radius 1 is 1.23 bits per heavy atom. The van der Waals surface area contributed by atoms with Gasteiger partial charge in [-0.25, -0.2) is 4.79 Å². The Hall–Kier alpha value is -3.73. The fraction of sp³-hybridized carbons (Fsp3) is 0.167. The second kappa shape index (κ2) is 7.90. The van der Waals surface area contributed by atoms with E-state index in [9.17, 15) is 19.7 Å². The lowest BCUT2D eigenvalue weighted by Gasteiger charge is -2.09. The highest BCUT2D eigenvalue weighted by molar-refractivity contribution is 5.97. The molecule has 0 fully saturated rings. The topological polar surface area (TPSA) is 122 Å². The molecule has 0 bridgehead atoms. The van der Waals surface area contributed by atoms with Gasteiger partial charge in [0.15, 0.2) is 6.61 Å². The average molecular weight is 353 g/mol. The molecule has 0 spiro atoms. The molecule has 0 aliphatic carbocycles. The van der Waals surface area contributed by atoms with Crippen LogP contribution in [0.3, 0.4) is 0 Å². The lowest BCUT2D eigenvalue weighted by atomic mass is 10.1. The first-order valence-corrected chi connectivity index (χ1v) is 7.54. The van der Waals surface area contributed by atoms with Crippen molar-refractivity contribution in [1.29, 1.82) is 5.26 Å². The van der Waals surface area contributed by atoms with Crippen LogP contribution in [0.1, 0.15) is 27.0 Å². The van der Waals surface area contributed by atoms with Gasteiger partial charge in [-0.3, -0.25) is 14.9 Å². The summed E-state index contributed by atoms with van der Waals surface area (Å²) >= 11 is 0. The predicted molar refractivity (Wildman–Crippen MR) is 92.6 cm³/mol. The number of nitrogens with zero attached hydrogens (tertiary/aromatic N) is 2. The third-order valence-electron chi connectivity index (χ3n) is 3.56. The molecule has 8 nitrogen and oxygen atoms in total. The molecule has 26 heavy (non-hydrogen) atoms. The van der Waals surface area contributed by atoms with E-state index in [2.05, 4.69) is 5.32 Å². The molecule has 0 heterocycles. The van der Waals surface area contributed by atoms with E-state index in [0.717, 1.165) is 17.2 Å². The zero-order valence-corrected chi connectivity index (χ0v) is 14.1. The van der Waals surface area contributed by atoms with Crippen LogP contribution in [0.2, 0.25) is 0 Å². The van der Waals surface area contributed by atoms with Crippen LogP contribution < -0.4 is 5.32 Å². The zero-order chi connectivity index (χ0) is 19.3. The van der Waals surface area contributed by atoms with Gasteiger partial charge in [0.05, 0.1) is 21.7 Å². The largest absolute Gasteiger partial charge is 0.452 e. The Labute approximate surface area is 149 Å². The van der Waals surface area contributed by atoms with Crippen LogP contribution in [-0.2, 0) is 9.53 Å². The maximum absolute atomic E-state index is 12.1. The van der Waals surface area contributed by atoms with Crippen LogP contribution in [0, 0.1) is 35.3 Å². The van der Waals surface area contributed by atoms with Gasteiger partial charge in [0, 0.05) is 12.1 Å². The molecule has 0 radical (unpaired) electrons. The van der Waals surface area contributed by atoms with E-state index in [-0.39, 0.29) is 16.9 Å². The lowest BCUT2D eigenvalue weighted by Crippen LogP contribution is -2.21. The highest BCUT2D eigenvalue weighted by atomic mass is 16.6. The highest BCUT2D eigenvalue weighted by Gasteiger charge is 2.15. The minimum absolute atomic E-state index is 0.0617. The Bertz CT molecular complexity index is 931. The normalized spacial score (nSPS) is 9.88. The number of ether oxygens (including phenoxy) is 1. The monoisotopic (exact) mass is 353 g/mol. The second-order valence-electron chi connectivity index (χ2n) is 5.54. The van der Waals surface area contributed by atoms with Crippen LogP contribution >= 0.6 is 0 Å². The Morgan fingerprint density at radius 2 is 1.96 bits per heavy atom. The van der Waals surface area contributed by atoms with Gasteiger partial charge in [-0.1, -0.05) is 17.7 Å². The van der Waals surface area contributed by atoms with Crippen molar-refractivity contribution in [3.63, 3.8) is 0 Å². The van der Waals surface area contributed by atoms with Gasteiger partial charge in [0.1, 0.15) is 6.07 Å². The molecule has 0 unspecified atom stereocenters. The maximum atomic E-state index is 12.1. The summed E-state index contributed by atoms with van der Waals surface area (Å²) in [7, 11) is 0. The minimum Gasteiger partial charge on any atom is -0.452 e. The van der Waals surface area contributed by atoms with Gasteiger partial charge in [0.2, 0.25) is 0 Å². The number of carbonyl (C=O) groups is 2. The van der Waals surface area contributed by atoms with Crippen LogP contribution in [0.5, 0.6) is 0 Å². The summed E-state index contributed by atoms with van der Waals surface area (Å²) in [6, 6.07) is 10.5. The van der Waals surface area contributed by atoms with Crippen molar-refractivity contribution in [3.05, 3.63) is 68.8 Å². The van der Waals surface area contributed by atoms with Crippen LogP contribution in [0.15, 0.2) is 36.4 Å². The van der Waals surface area contributed by atoms with Gasteiger partial charge in [0.25, 0.3) is 11.6 Å². The fourth-order valence-electron chi connectivity index (χ4n) is 2.20. The summed E-state index contributed by atoms with van der Waals surface area (Å²) in [5, 5.41) is 22.2. The van der Waals surface area contributed by atoms with Crippen molar-refractivity contribution in [2.75, 3.05) is 11.9 Å². The number of non-ortho nitro benzene ring substituents is 1. The number of carbonyl (C=O) groups excluding carboxylic acids is 2. The molecule has 8 heteroatoms. The van der Waals surface area contributed by atoms with Crippen LogP contribution in [-0.4, -0.2) is 23.4 Å². The number of rotatable bonds is 5. The SMILES string of the molecule is Cc1ccc(C)c(C(=O)OCC(=O)Nc2ccc([N+](=O)[O-])cc2C#N)c1. The van der Waals surface area contributed by atoms with Gasteiger partial charge in [-0.2, -0.15) is 5.26 Å². The number of nitro groups is 1. The average Bonchev–Trinajstić information content (AvgIpc) is 2.61. The Balaban J connectivity index is 2.03. The number of hydrogen-bond donors (Lipinski definition) is 1. The molecule has 2 aromatic rings. The van der Waals surface area contributed by atoms with E-state index >= 15 is 0 Å². The first kappa shape index (κ1) is 18.6. The molecule has 0 aliphatic heterocycles. The molecule has 2 aromatic carbocycles. The smallest absolute Gasteiger partial charge is 0.338 e.